The molecule has 2 aromatic rings. The highest BCUT2D eigenvalue weighted by atomic mass is 19.1. The molecule has 0 spiro atoms. The number of hydrogen-bond donors (Lipinski definition) is 2. The highest BCUT2D eigenvalue weighted by molar-refractivity contribution is 6.10. The van der Waals surface area contributed by atoms with E-state index in [0.29, 0.717) is 18.4 Å². The predicted octanol–water partition coefficient (Wildman–Crippen LogP) is 2.92. The van der Waals surface area contributed by atoms with Gasteiger partial charge < -0.3 is 10.6 Å². The zero-order valence-corrected chi connectivity index (χ0v) is 16.1. The van der Waals surface area contributed by atoms with Gasteiger partial charge in [0.2, 0.25) is 5.91 Å². The van der Waals surface area contributed by atoms with Crippen molar-refractivity contribution in [3.05, 3.63) is 70.0 Å². The highest BCUT2D eigenvalue weighted by Crippen LogP contribution is 2.33. The quantitative estimate of drug-likeness (QED) is 0.410. The molecule has 1 fully saturated rings. The smallest absolute Gasteiger partial charge is 0.322 e. The number of halogens is 1. The standard InChI is InChI=1S/C20H19FN4O5/c1-2-10-20(13-6-4-3-5-7-13)18(27)24(19(28)23-20)12-17(26)22-16-11-14(25(29)30)8-9-15(16)21/h3-9,11H,2,10,12H2,1H3,(H,22,26)(H,23,28). The van der Waals surface area contributed by atoms with Crippen LogP contribution in [0.5, 0.6) is 0 Å². The van der Waals surface area contributed by atoms with Crippen LogP contribution < -0.4 is 10.6 Å². The minimum atomic E-state index is -1.29. The summed E-state index contributed by atoms with van der Waals surface area (Å²) in [6.45, 7) is 1.20. The number of non-ortho nitro benzene ring substituents is 1. The largest absolute Gasteiger partial charge is 0.325 e. The number of nitro benzene ring substituents is 1. The van der Waals surface area contributed by atoms with Crippen LogP contribution in [0.25, 0.3) is 0 Å². The molecule has 10 heteroatoms. The minimum absolute atomic E-state index is 0.333. The summed E-state index contributed by atoms with van der Waals surface area (Å²) in [5.41, 5.74) is -1.51. The van der Waals surface area contributed by atoms with E-state index in [-0.39, 0.29) is 0 Å². The molecular weight excluding hydrogens is 395 g/mol. The van der Waals surface area contributed by atoms with Crippen LogP contribution in [0, 0.1) is 15.9 Å². The first kappa shape index (κ1) is 20.9. The van der Waals surface area contributed by atoms with Crippen LogP contribution in [0.2, 0.25) is 0 Å². The summed E-state index contributed by atoms with van der Waals surface area (Å²) in [7, 11) is 0. The summed E-state index contributed by atoms with van der Waals surface area (Å²) in [5.74, 6) is -2.33. The van der Waals surface area contributed by atoms with E-state index in [2.05, 4.69) is 10.6 Å². The minimum Gasteiger partial charge on any atom is -0.322 e. The number of carbonyl (C=O) groups is 3. The number of benzene rings is 2. The molecule has 0 radical (unpaired) electrons. The summed E-state index contributed by atoms with van der Waals surface area (Å²) in [6.07, 6.45) is 0.930. The fourth-order valence-electron chi connectivity index (χ4n) is 3.43. The van der Waals surface area contributed by atoms with E-state index in [1.807, 2.05) is 6.92 Å². The summed E-state index contributed by atoms with van der Waals surface area (Å²) < 4.78 is 13.9. The lowest BCUT2D eigenvalue weighted by Crippen LogP contribution is -2.44. The van der Waals surface area contributed by atoms with Crippen molar-refractivity contribution in [2.24, 2.45) is 0 Å². The van der Waals surface area contributed by atoms with Gasteiger partial charge in [-0.15, -0.1) is 0 Å². The number of amides is 4. The van der Waals surface area contributed by atoms with Crippen molar-refractivity contribution in [3.8, 4) is 0 Å². The Bertz CT molecular complexity index is 1010. The molecule has 1 heterocycles. The molecule has 9 nitrogen and oxygen atoms in total. The molecule has 0 bridgehead atoms. The molecule has 156 valence electrons. The number of nitrogens with one attached hydrogen (secondary N) is 2. The maximum absolute atomic E-state index is 13.9. The van der Waals surface area contributed by atoms with Gasteiger partial charge in [0.15, 0.2) is 0 Å². The summed E-state index contributed by atoms with van der Waals surface area (Å²) in [4.78, 5) is 48.9. The second-order valence-electron chi connectivity index (χ2n) is 6.81. The third kappa shape index (κ3) is 3.84. The summed E-state index contributed by atoms with van der Waals surface area (Å²) in [6, 6.07) is 10.6. The predicted molar refractivity (Wildman–Crippen MR) is 105 cm³/mol. The molecule has 4 amide bonds. The molecule has 1 aliphatic rings. The second-order valence-corrected chi connectivity index (χ2v) is 6.81. The van der Waals surface area contributed by atoms with Crippen LogP contribution in [0.1, 0.15) is 25.3 Å². The van der Waals surface area contributed by atoms with Crippen molar-refractivity contribution < 1.29 is 23.7 Å². The molecule has 2 N–H and O–H groups in total. The zero-order valence-electron chi connectivity index (χ0n) is 16.1. The Kier molecular flexibility index (Phi) is 5.77. The van der Waals surface area contributed by atoms with Gasteiger partial charge in [0.1, 0.15) is 17.9 Å². The van der Waals surface area contributed by atoms with Gasteiger partial charge in [0.25, 0.3) is 11.6 Å². The Morgan fingerprint density at radius 3 is 2.57 bits per heavy atom. The molecule has 30 heavy (non-hydrogen) atoms. The monoisotopic (exact) mass is 414 g/mol. The van der Waals surface area contributed by atoms with Crippen LogP contribution >= 0.6 is 0 Å². The third-order valence-corrected chi connectivity index (χ3v) is 4.80. The number of carbonyl (C=O) groups excluding carboxylic acids is 3. The van der Waals surface area contributed by atoms with Gasteiger partial charge in [0, 0.05) is 12.1 Å². The summed E-state index contributed by atoms with van der Waals surface area (Å²) >= 11 is 0. The van der Waals surface area contributed by atoms with Crippen molar-refractivity contribution >= 4 is 29.2 Å². The lowest BCUT2D eigenvalue weighted by atomic mass is 9.85. The molecule has 1 aliphatic heterocycles. The van der Waals surface area contributed by atoms with Crippen molar-refractivity contribution in [2.75, 3.05) is 11.9 Å². The van der Waals surface area contributed by atoms with Gasteiger partial charge in [-0.05, 0) is 18.1 Å². The fraction of sp³-hybridized carbons (Fsp3) is 0.250. The van der Waals surface area contributed by atoms with E-state index >= 15 is 0 Å². The SMILES string of the molecule is CCCC1(c2ccccc2)NC(=O)N(CC(=O)Nc2cc([N+](=O)[O-])ccc2F)C1=O. The van der Waals surface area contributed by atoms with Crippen LogP contribution in [0.15, 0.2) is 48.5 Å². The highest BCUT2D eigenvalue weighted by Gasteiger charge is 2.52. The Morgan fingerprint density at radius 1 is 1.23 bits per heavy atom. The van der Waals surface area contributed by atoms with E-state index in [1.54, 1.807) is 30.3 Å². The Labute approximate surface area is 171 Å². The van der Waals surface area contributed by atoms with Crippen molar-refractivity contribution in [1.82, 2.24) is 10.2 Å². The Morgan fingerprint density at radius 2 is 1.93 bits per heavy atom. The van der Waals surface area contributed by atoms with Crippen LogP contribution in [0.3, 0.4) is 0 Å². The molecule has 0 saturated carbocycles. The van der Waals surface area contributed by atoms with E-state index in [0.717, 1.165) is 23.1 Å². The number of rotatable bonds is 7. The zero-order chi connectivity index (χ0) is 21.9. The average molecular weight is 414 g/mol. The molecule has 0 aromatic heterocycles. The lowest BCUT2D eigenvalue weighted by molar-refractivity contribution is -0.384. The maximum atomic E-state index is 13.9. The average Bonchev–Trinajstić information content (AvgIpc) is 2.95. The van der Waals surface area contributed by atoms with Gasteiger partial charge in [-0.3, -0.25) is 24.6 Å². The molecule has 1 saturated heterocycles. The van der Waals surface area contributed by atoms with Gasteiger partial charge in [-0.2, -0.15) is 0 Å². The van der Waals surface area contributed by atoms with Crippen molar-refractivity contribution in [1.29, 1.82) is 0 Å². The van der Waals surface area contributed by atoms with Gasteiger partial charge in [-0.1, -0.05) is 43.7 Å². The normalized spacial score (nSPS) is 18.3. The Balaban J connectivity index is 1.81. The van der Waals surface area contributed by atoms with Crippen molar-refractivity contribution in [3.63, 3.8) is 0 Å². The van der Waals surface area contributed by atoms with E-state index in [4.69, 9.17) is 0 Å². The number of nitro groups is 1. The van der Waals surface area contributed by atoms with Crippen LogP contribution in [-0.2, 0) is 15.1 Å². The molecule has 1 unspecified atom stereocenters. The molecular formula is C20H19FN4O5. The van der Waals surface area contributed by atoms with Gasteiger partial charge in [0.05, 0.1) is 10.6 Å². The Hall–Kier alpha value is -3.82. The number of anilines is 1. The molecule has 0 aliphatic carbocycles. The van der Waals surface area contributed by atoms with Gasteiger partial charge >= 0.3 is 6.03 Å². The van der Waals surface area contributed by atoms with E-state index in [1.165, 1.54) is 0 Å². The first-order valence-electron chi connectivity index (χ1n) is 9.22. The third-order valence-electron chi connectivity index (χ3n) is 4.80. The summed E-state index contributed by atoms with van der Waals surface area (Å²) in [5, 5.41) is 15.7. The number of imide groups is 1. The lowest BCUT2D eigenvalue weighted by Gasteiger charge is -2.26. The fourth-order valence-corrected chi connectivity index (χ4v) is 3.43. The molecule has 2 aromatic carbocycles. The van der Waals surface area contributed by atoms with Crippen LogP contribution in [0.4, 0.5) is 20.6 Å². The van der Waals surface area contributed by atoms with Gasteiger partial charge in [-0.25, -0.2) is 9.18 Å². The van der Waals surface area contributed by atoms with Crippen molar-refractivity contribution in [2.45, 2.75) is 25.3 Å². The molecule has 1 atom stereocenters. The number of hydrogen-bond acceptors (Lipinski definition) is 5. The molecule has 3 rings (SSSR count). The number of nitrogens with zero attached hydrogens (tertiary/aromatic N) is 2. The van der Waals surface area contributed by atoms with E-state index < -0.39 is 52.0 Å². The number of urea groups is 1. The second kappa shape index (κ2) is 8.27. The topological polar surface area (TPSA) is 122 Å². The first-order chi connectivity index (χ1) is 14.3. The van der Waals surface area contributed by atoms with E-state index in [9.17, 15) is 28.9 Å². The maximum Gasteiger partial charge on any atom is 0.325 e. The first-order valence-corrected chi connectivity index (χ1v) is 9.22. The van der Waals surface area contributed by atoms with Crippen LogP contribution in [-0.4, -0.2) is 34.2 Å².